The van der Waals surface area contributed by atoms with E-state index in [4.69, 9.17) is 0 Å². The van der Waals surface area contributed by atoms with Crippen molar-refractivity contribution in [1.29, 1.82) is 0 Å². The Hall–Kier alpha value is -0.590. The van der Waals surface area contributed by atoms with Crippen LogP contribution in [0.2, 0.25) is 0 Å². The summed E-state index contributed by atoms with van der Waals surface area (Å²) >= 11 is 0. The van der Waals surface area contributed by atoms with E-state index >= 15 is 0 Å². The molecule has 2 fully saturated rings. The molecule has 0 aromatic carbocycles. The Morgan fingerprint density at radius 1 is 1.20 bits per heavy atom. The highest BCUT2D eigenvalue weighted by Gasteiger charge is 2.69. The molecule has 3 aliphatic carbocycles. The molecule has 3 aliphatic rings. The van der Waals surface area contributed by atoms with E-state index in [1.54, 1.807) is 0 Å². The van der Waals surface area contributed by atoms with Crippen molar-refractivity contribution in [2.24, 2.45) is 28.1 Å². The number of Topliss-reactive ketones (excluding diaryl/α,β-unsaturated/α-hetero) is 1. The van der Waals surface area contributed by atoms with Gasteiger partial charge in [0.05, 0.1) is 0 Å². The lowest BCUT2D eigenvalue weighted by atomic mass is 9.62. The molecule has 0 aromatic rings. The standard InChI is InChI=1S/C14H20O/c1-12(2)8-10-9-5-6-13(3,7-9)14(10,4)11(12)15/h5-6,9-10H,7-8H2,1-4H3. The minimum absolute atomic E-state index is 0.0735. The van der Waals surface area contributed by atoms with E-state index in [-0.39, 0.29) is 16.2 Å². The van der Waals surface area contributed by atoms with Gasteiger partial charge in [0.2, 0.25) is 0 Å². The maximum absolute atomic E-state index is 12.6. The Bertz CT molecular complexity index is 379. The smallest absolute Gasteiger partial charge is 0.145 e. The first-order valence-corrected chi connectivity index (χ1v) is 6.06. The molecule has 0 spiro atoms. The van der Waals surface area contributed by atoms with Gasteiger partial charge in [-0.2, -0.15) is 0 Å². The van der Waals surface area contributed by atoms with Crippen LogP contribution >= 0.6 is 0 Å². The number of rotatable bonds is 0. The van der Waals surface area contributed by atoms with Crippen LogP contribution in [0.5, 0.6) is 0 Å². The fourth-order valence-corrected chi connectivity index (χ4v) is 4.60. The third kappa shape index (κ3) is 0.811. The van der Waals surface area contributed by atoms with Crippen LogP contribution in [-0.4, -0.2) is 5.78 Å². The molecule has 0 N–H and O–H groups in total. The molecular formula is C14H20O. The predicted molar refractivity (Wildman–Crippen MR) is 60.4 cm³/mol. The van der Waals surface area contributed by atoms with E-state index in [0.717, 1.165) is 6.42 Å². The van der Waals surface area contributed by atoms with Crippen molar-refractivity contribution in [2.45, 2.75) is 40.5 Å². The van der Waals surface area contributed by atoms with E-state index in [1.165, 1.54) is 6.42 Å². The van der Waals surface area contributed by atoms with E-state index < -0.39 is 0 Å². The summed E-state index contributed by atoms with van der Waals surface area (Å²) in [5.41, 5.74) is -0.0194. The van der Waals surface area contributed by atoms with Gasteiger partial charge in [-0.25, -0.2) is 0 Å². The summed E-state index contributed by atoms with van der Waals surface area (Å²) < 4.78 is 0. The van der Waals surface area contributed by atoms with Gasteiger partial charge in [-0.15, -0.1) is 0 Å². The molecule has 0 amide bonds. The van der Waals surface area contributed by atoms with Crippen LogP contribution in [0.4, 0.5) is 0 Å². The largest absolute Gasteiger partial charge is 0.298 e. The SMILES string of the molecule is CC1(C)CC2C3C=CC(C)(C3)C2(C)C1=O. The van der Waals surface area contributed by atoms with Crippen LogP contribution in [-0.2, 0) is 4.79 Å². The number of allylic oxidation sites excluding steroid dienone is 2. The van der Waals surface area contributed by atoms with Gasteiger partial charge in [0.25, 0.3) is 0 Å². The zero-order valence-electron chi connectivity index (χ0n) is 10.1. The monoisotopic (exact) mass is 204 g/mol. The van der Waals surface area contributed by atoms with Gasteiger partial charge in [-0.3, -0.25) is 4.79 Å². The van der Waals surface area contributed by atoms with Crippen molar-refractivity contribution in [1.82, 2.24) is 0 Å². The maximum Gasteiger partial charge on any atom is 0.145 e. The summed E-state index contributed by atoms with van der Waals surface area (Å²) in [6.07, 6.45) is 6.97. The van der Waals surface area contributed by atoms with E-state index in [9.17, 15) is 4.79 Å². The van der Waals surface area contributed by atoms with Gasteiger partial charge in [-0.05, 0) is 30.1 Å². The zero-order chi connectivity index (χ0) is 11.1. The molecule has 0 aliphatic heterocycles. The van der Waals surface area contributed by atoms with Crippen molar-refractivity contribution in [3.05, 3.63) is 12.2 Å². The van der Waals surface area contributed by atoms with Crippen molar-refractivity contribution in [3.63, 3.8) is 0 Å². The van der Waals surface area contributed by atoms with Crippen LogP contribution in [0, 0.1) is 28.1 Å². The molecule has 2 bridgehead atoms. The molecule has 4 unspecified atom stereocenters. The third-order valence-electron chi connectivity index (χ3n) is 5.63. The highest BCUT2D eigenvalue weighted by atomic mass is 16.1. The summed E-state index contributed by atoms with van der Waals surface area (Å²) in [4.78, 5) is 12.6. The van der Waals surface area contributed by atoms with Crippen LogP contribution in [0.25, 0.3) is 0 Å². The first kappa shape index (κ1) is 9.62. The van der Waals surface area contributed by atoms with Gasteiger partial charge in [0.15, 0.2) is 0 Å². The Balaban J connectivity index is 2.17. The van der Waals surface area contributed by atoms with Crippen molar-refractivity contribution in [2.75, 3.05) is 0 Å². The third-order valence-corrected chi connectivity index (χ3v) is 5.63. The quantitative estimate of drug-likeness (QED) is 0.554. The van der Waals surface area contributed by atoms with Crippen LogP contribution < -0.4 is 0 Å². The molecule has 3 rings (SSSR count). The molecule has 0 radical (unpaired) electrons. The molecule has 1 heteroatoms. The number of fused-ring (bicyclic) bond motifs is 5. The van der Waals surface area contributed by atoms with Gasteiger partial charge < -0.3 is 0 Å². The molecular weight excluding hydrogens is 184 g/mol. The lowest BCUT2D eigenvalue weighted by molar-refractivity contribution is -0.136. The van der Waals surface area contributed by atoms with E-state index in [2.05, 4.69) is 39.8 Å². The number of carbonyl (C=O) groups excluding carboxylic acids is 1. The molecule has 1 nitrogen and oxygen atoms in total. The average Bonchev–Trinajstić information content (AvgIpc) is 2.67. The van der Waals surface area contributed by atoms with Crippen LogP contribution in [0.15, 0.2) is 12.2 Å². The summed E-state index contributed by atoms with van der Waals surface area (Å²) in [6, 6.07) is 0. The van der Waals surface area contributed by atoms with Crippen LogP contribution in [0.1, 0.15) is 40.5 Å². The first-order chi connectivity index (χ1) is 6.81. The molecule has 15 heavy (non-hydrogen) atoms. The van der Waals surface area contributed by atoms with Crippen LogP contribution in [0.3, 0.4) is 0 Å². The lowest BCUT2D eigenvalue weighted by Gasteiger charge is -2.39. The number of carbonyl (C=O) groups is 1. The highest BCUT2D eigenvalue weighted by Crippen LogP contribution is 2.71. The Labute approximate surface area is 91.9 Å². The summed E-state index contributed by atoms with van der Waals surface area (Å²) in [7, 11) is 0. The molecule has 0 aromatic heterocycles. The number of hydrogen-bond acceptors (Lipinski definition) is 1. The van der Waals surface area contributed by atoms with Gasteiger partial charge in [0.1, 0.15) is 5.78 Å². The summed E-state index contributed by atoms with van der Waals surface area (Å²) in [5.74, 6) is 1.79. The van der Waals surface area contributed by atoms with Crippen molar-refractivity contribution >= 4 is 5.78 Å². The molecule has 4 atom stereocenters. The summed E-state index contributed by atoms with van der Waals surface area (Å²) in [6.45, 7) is 8.75. The van der Waals surface area contributed by atoms with E-state index in [0.29, 0.717) is 17.6 Å². The lowest BCUT2D eigenvalue weighted by Crippen LogP contribution is -2.42. The second kappa shape index (κ2) is 2.23. The fourth-order valence-electron chi connectivity index (χ4n) is 4.60. The fraction of sp³-hybridized carbons (Fsp3) is 0.786. The van der Waals surface area contributed by atoms with Gasteiger partial charge in [-0.1, -0.05) is 39.8 Å². The Morgan fingerprint density at radius 2 is 1.87 bits per heavy atom. The van der Waals surface area contributed by atoms with Gasteiger partial charge >= 0.3 is 0 Å². The normalized spacial score (nSPS) is 55.1. The van der Waals surface area contributed by atoms with Crippen molar-refractivity contribution < 1.29 is 4.79 Å². The van der Waals surface area contributed by atoms with Crippen molar-refractivity contribution in [3.8, 4) is 0 Å². The number of hydrogen-bond donors (Lipinski definition) is 0. The average molecular weight is 204 g/mol. The van der Waals surface area contributed by atoms with Gasteiger partial charge in [0, 0.05) is 10.8 Å². The minimum Gasteiger partial charge on any atom is -0.298 e. The Morgan fingerprint density at radius 3 is 2.47 bits per heavy atom. The second-order valence-electron chi connectivity index (χ2n) is 6.87. The Kier molecular flexibility index (Phi) is 1.43. The molecule has 0 heterocycles. The maximum atomic E-state index is 12.6. The number of ketones is 1. The predicted octanol–water partition coefficient (Wildman–Crippen LogP) is 3.20. The highest BCUT2D eigenvalue weighted by molar-refractivity contribution is 5.94. The molecule has 82 valence electrons. The minimum atomic E-state index is -0.0919. The molecule has 0 saturated heterocycles. The first-order valence-electron chi connectivity index (χ1n) is 6.06. The summed E-state index contributed by atoms with van der Waals surface area (Å²) in [5, 5.41) is 0. The zero-order valence-corrected chi connectivity index (χ0v) is 10.1. The van der Waals surface area contributed by atoms with E-state index in [1.807, 2.05) is 0 Å². The topological polar surface area (TPSA) is 17.1 Å². The molecule has 2 saturated carbocycles. The second-order valence-corrected chi connectivity index (χ2v) is 6.87.